The SMILES string of the molecule is CONS(=O)(=O)c1ccc(N2C(=O)C(C)CS2(=O)=O)cc1C. The summed E-state index contributed by atoms with van der Waals surface area (Å²) in [7, 11) is -6.41. The van der Waals surface area contributed by atoms with E-state index in [0.717, 1.165) is 11.4 Å². The van der Waals surface area contributed by atoms with Crippen molar-refractivity contribution in [2.24, 2.45) is 5.92 Å². The molecule has 8 nitrogen and oxygen atoms in total. The second-order valence-electron chi connectivity index (χ2n) is 5.02. The maximum atomic E-state index is 12.0. The largest absolute Gasteiger partial charge is 0.290 e. The highest BCUT2D eigenvalue weighted by Crippen LogP contribution is 2.30. The van der Waals surface area contributed by atoms with E-state index < -0.39 is 31.9 Å². The van der Waals surface area contributed by atoms with Crippen molar-refractivity contribution in [2.45, 2.75) is 18.7 Å². The van der Waals surface area contributed by atoms with Crippen LogP contribution in [-0.4, -0.2) is 35.6 Å². The number of amides is 1. The lowest BCUT2D eigenvalue weighted by atomic mass is 10.2. The average molecular weight is 348 g/mol. The summed E-state index contributed by atoms with van der Waals surface area (Å²) in [4.78, 5) is 18.2. The molecule has 0 saturated carbocycles. The average Bonchev–Trinajstić information content (AvgIpc) is 2.57. The van der Waals surface area contributed by atoms with Crippen LogP contribution in [-0.2, 0) is 29.7 Å². The summed E-state index contributed by atoms with van der Waals surface area (Å²) in [6, 6.07) is 3.86. The van der Waals surface area contributed by atoms with Gasteiger partial charge in [0, 0.05) is 0 Å². The van der Waals surface area contributed by atoms with Crippen molar-refractivity contribution in [1.29, 1.82) is 0 Å². The van der Waals surface area contributed by atoms with Crippen LogP contribution < -0.4 is 9.19 Å². The lowest BCUT2D eigenvalue weighted by molar-refractivity contribution is -0.119. The number of benzene rings is 1. The third kappa shape index (κ3) is 2.86. The zero-order chi connectivity index (χ0) is 16.7. The number of aryl methyl sites for hydroxylation is 1. The van der Waals surface area contributed by atoms with Crippen LogP contribution in [0.1, 0.15) is 12.5 Å². The molecule has 1 aliphatic heterocycles. The van der Waals surface area contributed by atoms with Gasteiger partial charge in [-0.05, 0) is 30.7 Å². The predicted molar refractivity (Wildman–Crippen MR) is 78.9 cm³/mol. The molecule has 22 heavy (non-hydrogen) atoms. The first-order valence-electron chi connectivity index (χ1n) is 6.32. The lowest BCUT2D eigenvalue weighted by Gasteiger charge is -2.17. The summed E-state index contributed by atoms with van der Waals surface area (Å²) in [6.45, 7) is 3.04. The number of carbonyl (C=O) groups is 1. The molecule has 1 heterocycles. The Morgan fingerprint density at radius 1 is 1.36 bits per heavy atom. The number of hydrogen-bond acceptors (Lipinski definition) is 6. The molecule has 1 unspecified atom stereocenters. The lowest BCUT2D eigenvalue weighted by Crippen LogP contribution is -2.30. The first-order chi connectivity index (χ1) is 10.1. The molecule has 1 N–H and O–H groups in total. The normalized spacial score (nSPS) is 21.3. The Labute approximate surface area is 129 Å². The van der Waals surface area contributed by atoms with Crippen LogP contribution in [0.25, 0.3) is 0 Å². The molecule has 0 spiro atoms. The maximum Gasteiger partial charge on any atom is 0.262 e. The van der Waals surface area contributed by atoms with Gasteiger partial charge in [0.25, 0.3) is 10.0 Å². The number of rotatable bonds is 4. The van der Waals surface area contributed by atoms with E-state index in [0.29, 0.717) is 5.56 Å². The van der Waals surface area contributed by atoms with E-state index in [4.69, 9.17) is 0 Å². The Kier molecular flexibility index (Phi) is 4.30. The van der Waals surface area contributed by atoms with Crippen molar-refractivity contribution in [3.63, 3.8) is 0 Å². The summed E-state index contributed by atoms with van der Waals surface area (Å²) >= 11 is 0. The minimum atomic E-state index is -3.86. The smallest absolute Gasteiger partial charge is 0.262 e. The molecule has 1 atom stereocenters. The molecule has 10 heteroatoms. The number of nitrogens with zero attached hydrogens (tertiary/aromatic N) is 1. The van der Waals surface area contributed by atoms with Gasteiger partial charge in [0.05, 0.1) is 29.4 Å². The summed E-state index contributed by atoms with van der Waals surface area (Å²) in [5.41, 5.74) is 0.424. The van der Waals surface area contributed by atoms with Crippen LogP contribution in [0, 0.1) is 12.8 Å². The summed E-state index contributed by atoms with van der Waals surface area (Å²) in [6.07, 6.45) is 0. The van der Waals surface area contributed by atoms with E-state index in [1.807, 2.05) is 4.89 Å². The van der Waals surface area contributed by atoms with Gasteiger partial charge in [0.1, 0.15) is 0 Å². The van der Waals surface area contributed by atoms with Crippen LogP contribution in [0.3, 0.4) is 0 Å². The van der Waals surface area contributed by atoms with Crippen molar-refractivity contribution < 1.29 is 26.5 Å². The topological polar surface area (TPSA) is 110 Å². The minimum absolute atomic E-state index is 0.0600. The Morgan fingerprint density at radius 3 is 2.45 bits per heavy atom. The number of sulfonamides is 2. The van der Waals surface area contributed by atoms with Crippen LogP contribution >= 0.6 is 0 Å². The number of anilines is 1. The van der Waals surface area contributed by atoms with E-state index in [-0.39, 0.29) is 16.3 Å². The van der Waals surface area contributed by atoms with Crippen molar-refractivity contribution in [2.75, 3.05) is 17.2 Å². The maximum absolute atomic E-state index is 12.0. The molecule has 1 fully saturated rings. The first kappa shape index (κ1) is 16.9. The highest BCUT2D eigenvalue weighted by Gasteiger charge is 2.42. The molecule has 122 valence electrons. The fourth-order valence-electron chi connectivity index (χ4n) is 2.30. The van der Waals surface area contributed by atoms with Gasteiger partial charge in [-0.1, -0.05) is 11.8 Å². The van der Waals surface area contributed by atoms with Crippen molar-refractivity contribution in [3.8, 4) is 0 Å². The minimum Gasteiger partial charge on any atom is -0.290 e. The van der Waals surface area contributed by atoms with E-state index in [2.05, 4.69) is 4.84 Å². The highest BCUT2D eigenvalue weighted by atomic mass is 32.2. The molecule has 1 aromatic rings. The molecule has 0 aliphatic carbocycles. The fraction of sp³-hybridized carbons (Fsp3) is 0.417. The van der Waals surface area contributed by atoms with Crippen molar-refractivity contribution in [1.82, 2.24) is 4.89 Å². The fourth-order valence-corrected chi connectivity index (χ4v) is 5.15. The third-order valence-electron chi connectivity index (χ3n) is 3.24. The molecular formula is C12H16N2O6S2. The molecule has 0 bridgehead atoms. The Balaban J connectivity index is 2.49. The Hall–Kier alpha value is -1.49. The van der Waals surface area contributed by atoms with E-state index >= 15 is 0 Å². The van der Waals surface area contributed by atoms with E-state index in [9.17, 15) is 21.6 Å². The van der Waals surface area contributed by atoms with Gasteiger partial charge in [0.15, 0.2) is 0 Å². The Morgan fingerprint density at radius 2 is 2.00 bits per heavy atom. The predicted octanol–water partition coefficient (Wildman–Crippen LogP) is 0.147. The van der Waals surface area contributed by atoms with Crippen LogP contribution in [0.15, 0.2) is 23.1 Å². The van der Waals surface area contributed by atoms with Gasteiger partial charge in [-0.2, -0.15) is 0 Å². The molecular weight excluding hydrogens is 332 g/mol. The Bertz CT molecular complexity index is 816. The van der Waals surface area contributed by atoms with Gasteiger partial charge in [-0.15, -0.1) is 0 Å². The third-order valence-corrected chi connectivity index (χ3v) is 6.53. The zero-order valence-electron chi connectivity index (χ0n) is 12.2. The van der Waals surface area contributed by atoms with E-state index in [1.165, 1.54) is 32.0 Å². The summed E-state index contributed by atoms with van der Waals surface area (Å²) < 4.78 is 48.6. The molecule has 1 amide bonds. The molecule has 2 rings (SSSR count). The summed E-state index contributed by atoms with van der Waals surface area (Å²) in [5, 5.41) is 0. The number of carbonyl (C=O) groups excluding carboxylic acids is 1. The van der Waals surface area contributed by atoms with Gasteiger partial charge >= 0.3 is 0 Å². The van der Waals surface area contributed by atoms with E-state index in [1.54, 1.807) is 0 Å². The highest BCUT2D eigenvalue weighted by molar-refractivity contribution is 7.94. The zero-order valence-corrected chi connectivity index (χ0v) is 13.9. The number of nitrogens with one attached hydrogen (secondary N) is 1. The van der Waals surface area contributed by atoms with Crippen molar-refractivity contribution >= 4 is 31.6 Å². The standard InChI is InChI=1S/C12H16N2O6S2/c1-8-6-10(4-5-11(8)22(18,19)13-20-3)14-12(15)9(2)7-21(14,16)17/h4-6,9,13H,7H2,1-3H3. The molecule has 1 saturated heterocycles. The van der Waals surface area contributed by atoms with Gasteiger partial charge in [-0.25, -0.2) is 21.1 Å². The monoisotopic (exact) mass is 348 g/mol. The second-order valence-corrected chi connectivity index (χ2v) is 8.50. The van der Waals surface area contributed by atoms with Crippen LogP contribution in [0.4, 0.5) is 5.69 Å². The molecule has 0 aromatic heterocycles. The first-order valence-corrected chi connectivity index (χ1v) is 9.41. The molecule has 0 radical (unpaired) electrons. The van der Waals surface area contributed by atoms with Crippen molar-refractivity contribution in [3.05, 3.63) is 23.8 Å². The molecule has 1 aliphatic rings. The molecule has 1 aromatic carbocycles. The second kappa shape index (κ2) is 5.61. The van der Waals surface area contributed by atoms with Gasteiger partial charge in [-0.3, -0.25) is 9.63 Å². The van der Waals surface area contributed by atoms with Gasteiger partial charge < -0.3 is 0 Å². The summed E-state index contributed by atoms with van der Waals surface area (Å²) in [5.74, 6) is -1.40. The van der Waals surface area contributed by atoms with Gasteiger partial charge in [0.2, 0.25) is 15.9 Å². The number of hydrogen-bond donors (Lipinski definition) is 1. The van der Waals surface area contributed by atoms with Crippen LogP contribution in [0.2, 0.25) is 0 Å². The quantitative estimate of drug-likeness (QED) is 0.776. The van der Waals surface area contributed by atoms with Crippen LogP contribution in [0.5, 0.6) is 0 Å².